The lowest BCUT2D eigenvalue weighted by atomic mass is 8.19. The Balaban J connectivity index is 0.00000160. The van der Waals surface area contributed by atoms with Crippen LogP contribution in [0.3, 0.4) is 0 Å². The highest BCUT2D eigenvalue weighted by atomic mass is 19.4. The smallest absolute Gasteiger partial charge is 0.391 e. The molecule has 1 aromatic heterocycles. The van der Waals surface area contributed by atoms with Crippen LogP contribution in [-0.2, 0) is 17.8 Å². The molecule has 0 saturated carbocycles. The second-order valence-electron chi connectivity index (χ2n) is 38.3. The maximum absolute atomic E-state index is 13.1. The number of alkyl halides is 9. The maximum atomic E-state index is 13.1. The van der Waals surface area contributed by atoms with E-state index >= 15 is 0 Å². The number of nitrogens with two attached hydrogens (primary N) is 2. The molecule has 0 amide bonds. The molecule has 572 valence electrons. The van der Waals surface area contributed by atoms with Crippen molar-refractivity contribution >= 4 is 677 Å². The normalized spacial score (nSPS) is 11.5. The summed E-state index contributed by atoms with van der Waals surface area (Å²) in [7, 11) is 338. The molecule has 4 aromatic rings. The van der Waals surface area contributed by atoms with E-state index in [1.807, 2.05) is 0 Å². The molecule has 8 nitrogen and oxygen atoms in total. The predicted molar refractivity (Wildman–Crippen MR) is 723 cm³/mol. The van der Waals surface area contributed by atoms with Gasteiger partial charge in [0.25, 0.3) is 5.56 Å². The standard InChI is InChI=1S/C16H17F3N4O.C10H9F3O2.C9H10F3N.CH4.B94/c17-16(18,19)8-13(10-4-2-1-3-5-10)23-14(24)11-6-7-21-9-12(11)22-15(23)20;11-10(12,13)6-8(9(14)15)7-4-2-1-3-5-7;10-9(11,12)6-8(13)7-4-2-1-3-5-7;;1-49(2)73(50(3)4)85(74(51(5)6)52(7)8)91(86(75(53(9)10)54(11)12)76(55(13)14)56(15)16)94(92(87(77(57(17)18)58(19)20)78(59(21)22)60(23)24)88(79(61(25)26)62(27)28)80(63(29)30)64(31)32)93(89(81(65(33)34)66(35)36)82(67(37)38)68(39)40)90(83(69(41)42)70(43)44)84(71(45)46)72(47)48/h1-5,13,21H,6-9H2,(H2,20,22);1-5,8H,6H2,(H,14,15);1-5,8H,6,13H2;1H4;. The Bertz CT molecular complexity index is 3790. The van der Waals surface area contributed by atoms with Gasteiger partial charge in [-0.05, 0) is 29.7 Å². The first kappa shape index (κ1) is 146. The molecule has 0 spiro atoms. The van der Waals surface area contributed by atoms with Gasteiger partial charge >= 0.3 is 24.5 Å². The maximum Gasteiger partial charge on any atom is 0.391 e. The minimum absolute atomic E-state index is 0. The summed E-state index contributed by atoms with van der Waals surface area (Å²) in [5, 5.41) is 11.8. The first-order chi connectivity index (χ1) is 67.0. The van der Waals surface area contributed by atoms with E-state index in [4.69, 9.17) is 388 Å². The SMILES string of the molecule is C.NC(CC(F)(F)F)c1ccccc1.Nc1nc2c(c(=O)n1C(CC(F)(F)F)c1ccccc1)CCNC2.O=C(O)C(CC(F)(F)F)c1ccccc1.[B]B([B])B(B([B])[B])B(B(B([B])[B])B([B])[B])B(B(B(B([B])[B])B([B])[B])B(B([B])[B])B([B])[B])B(B(B(B(B([B])[B])B([B])[B])B(B([B])[B])B([B])[B])B(B(B([B])[B])B([B])[B])B(B([B])[B])B([B])[B])B(B(B(B([B])[B])B([B])[B])B(B([B])[B])B([B])[B])B(B(B([B])[B])B([B])[B])B(B([B])[B])B([B])[B]. The summed E-state index contributed by atoms with van der Waals surface area (Å²) < 4.78 is 112. The number of hydrogen-bond acceptors (Lipinski definition) is 6. The lowest BCUT2D eigenvalue weighted by molar-refractivity contribution is -0.157. The van der Waals surface area contributed by atoms with Crippen LogP contribution in [0.2, 0.25) is 0 Å². The number of aromatic nitrogens is 2. The van der Waals surface area contributed by atoms with E-state index in [1.54, 1.807) is 66.7 Å². The van der Waals surface area contributed by atoms with Crippen LogP contribution in [0.5, 0.6) is 0 Å². The molecular formula is C36H40B94F9N5O3. The van der Waals surface area contributed by atoms with Crippen molar-refractivity contribution in [2.24, 2.45) is 5.73 Å². The van der Waals surface area contributed by atoms with Crippen LogP contribution >= 0.6 is 0 Å². The van der Waals surface area contributed by atoms with E-state index in [0.717, 1.165) is 4.57 Å². The quantitative estimate of drug-likeness (QED) is 0.0255. The average molecular weight is 1780 g/mol. The van der Waals surface area contributed by atoms with Crippen LogP contribution in [0.25, 0.3) is 0 Å². The van der Waals surface area contributed by atoms with Crippen LogP contribution in [0, 0.1) is 0 Å². The molecule has 1 aliphatic heterocycles. The number of aliphatic carboxylic acids is 1. The molecule has 5 rings (SSSR count). The van der Waals surface area contributed by atoms with Crippen molar-refractivity contribution in [1.29, 1.82) is 0 Å². The fourth-order valence-electron chi connectivity index (χ4n) is 22.3. The van der Waals surface area contributed by atoms with Gasteiger partial charge in [0.2, 0.25) is 5.95 Å². The molecule has 147 heavy (non-hydrogen) atoms. The van der Waals surface area contributed by atoms with Gasteiger partial charge in [-0.1, -0.05) is 98.4 Å². The van der Waals surface area contributed by atoms with Gasteiger partial charge in [-0.3, -0.25) is 14.2 Å². The Morgan fingerprint density at radius 3 is 0.673 bits per heavy atom. The Kier molecular flexibility index (Phi) is 67.0. The van der Waals surface area contributed by atoms with Crippen molar-refractivity contribution in [2.45, 2.75) is 76.2 Å². The van der Waals surface area contributed by atoms with Crippen LogP contribution in [0.1, 0.15) is 72.6 Å². The molecule has 0 saturated heterocycles. The number of carbonyl (C=O) groups is 1. The number of halogens is 9. The number of carboxylic acids is 1. The van der Waals surface area contributed by atoms with Gasteiger partial charge < -0.3 is 21.9 Å². The highest BCUT2D eigenvalue weighted by Crippen LogP contribution is 2.37. The van der Waals surface area contributed by atoms with Gasteiger partial charge in [-0.15, -0.1) is 0 Å². The summed E-state index contributed by atoms with van der Waals surface area (Å²) in [4.78, 5) is 27.6. The third kappa shape index (κ3) is 43.5. The van der Waals surface area contributed by atoms with E-state index in [0.29, 0.717) is 41.9 Å². The third-order valence-corrected chi connectivity index (χ3v) is 27.7. The van der Waals surface area contributed by atoms with Crippen LogP contribution in [0.15, 0.2) is 95.8 Å². The van der Waals surface area contributed by atoms with E-state index < -0.39 is 361 Å². The number of nitrogens with one attached hydrogen (secondary N) is 1. The van der Waals surface area contributed by atoms with Crippen molar-refractivity contribution in [2.75, 3.05) is 12.3 Å². The minimum Gasteiger partial charge on any atom is -0.481 e. The minimum atomic E-state index is -4.47. The Hall–Kier alpha value is 1.20. The second kappa shape index (κ2) is 67.3. The number of carboxylic acid groups (broad SMARTS) is 1. The summed E-state index contributed by atoms with van der Waals surface area (Å²) in [5.74, 6) is -3.18. The predicted octanol–water partition coefficient (Wildman–Crippen LogP) is -27.7. The Morgan fingerprint density at radius 1 is 0.306 bits per heavy atom. The van der Waals surface area contributed by atoms with Crippen molar-refractivity contribution in [1.82, 2.24) is 14.9 Å². The zero-order chi connectivity index (χ0) is 113. The first-order valence-electron chi connectivity index (χ1n) is 46.7. The highest BCUT2D eigenvalue weighted by molar-refractivity contribution is 8.43. The molecule has 3 unspecified atom stereocenters. The third-order valence-electron chi connectivity index (χ3n) is 27.7. The van der Waals surface area contributed by atoms with Gasteiger partial charge in [0.05, 0.1) is 36.9 Å². The highest BCUT2D eigenvalue weighted by Gasteiger charge is 2.68. The van der Waals surface area contributed by atoms with E-state index in [-0.39, 0.29) is 18.9 Å². The van der Waals surface area contributed by atoms with Gasteiger partial charge in [0.1, 0.15) is 0 Å². The average Bonchev–Trinajstić information content (AvgIpc) is 0.705. The number of benzene rings is 3. The summed E-state index contributed by atoms with van der Waals surface area (Å²) in [5.41, 5.74) is 12.7. The number of fused-ring (bicyclic) bond motifs is 1. The van der Waals surface area contributed by atoms with Crippen LogP contribution in [-0.4, -0.2) is 711 Å². The molecule has 2 heterocycles. The molecule has 96 radical (unpaired) electrons. The van der Waals surface area contributed by atoms with Crippen molar-refractivity contribution in [3.63, 3.8) is 0 Å². The second-order valence-corrected chi connectivity index (χ2v) is 38.3. The molecule has 6 N–H and O–H groups in total. The molecular weight excluding hydrogens is 1740 g/mol. The Morgan fingerprint density at radius 2 is 0.490 bits per heavy atom. The van der Waals surface area contributed by atoms with Gasteiger partial charge in [-0.25, -0.2) is 4.98 Å². The molecule has 0 fully saturated rings. The Labute approximate surface area is 956 Å². The number of nitrogens with zero attached hydrogens (tertiary/aromatic N) is 2. The molecule has 3 aromatic carbocycles. The fraction of sp³-hybridized carbons (Fsp3) is 0.361. The van der Waals surface area contributed by atoms with Crippen LogP contribution < -0.4 is 22.3 Å². The molecule has 1 aliphatic rings. The van der Waals surface area contributed by atoms with Crippen molar-refractivity contribution < 1.29 is 49.4 Å². The lowest BCUT2D eigenvalue weighted by Crippen LogP contribution is -3.01. The van der Waals surface area contributed by atoms with Crippen LogP contribution in [0.4, 0.5) is 45.5 Å². The summed E-state index contributed by atoms with van der Waals surface area (Å²) in [6, 6.07) is 21.6. The zero-order valence-electron chi connectivity index (χ0n) is 81.6. The largest absolute Gasteiger partial charge is 0.481 e. The number of anilines is 1. The van der Waals surface area contributed by atoms with Crippen molar-refractivity contribution in [3.05, 3.63) is 129 Å². The summed E-state index contributed by atoms with van der Waals surface area (Å²) in [6.07, 6.45) is -101. The first-order valence-corrected chi connectivity index (χ1v) is 46.7. The van der Waals surface area contributed by atoms with Crippen molar-refractivity contribution in [3.8, 4) is 0 Å². The zero-order valence-corrected chi connectivity index (χ0v) is 81.6. The molecule has 0 aliphatic carbocycles. The summed E-state index contributed by atoms with van der Waals surface area (Å²) in [6.45, 7) is 0.980. The van der Waals surface area contributed by atoms with Gasteiger partial charge in [-0.2, -0.15) is 39.5 Å². The topological polar surface area (TPSA) is 136 Å². The van der Waals surface area contributed by atoms with E-state index in [9.17, 15) is 49.1 Å². The molecule has 111 heteroatoms. The van der Waals surface area contributed by atoms with E-state index in [2.05, 4.69) is 10.3 Å². The number of nitrogen functional groups attached to an aromatic ring is 1. The fourth-order valence-corrected chi connectivity index (χ4v) is 22.3. The van der Waals surface area contributed by atoms with Gasteiger partial charge in [0.15, 0.2) is 0 Å². The number of hydrogen-bond donors (Lipinski definition) is 4. The molecule has 3 atom stereocenters. The number of rotatable bonds is 53. The molecule has 0 bridgehead atoms. The lowest BCUT2D eigenvalue weighted by Gasteiger charge is -2.63. The summed E-state index contributed by atoms with van der Waals surface area (Å²) >= 11 is 0. The van der Waals surface area contributed by atoms with Gasteiger partial charge in [0, 0.05) is 683 Å². The monoisotopic (exact) mass is 1800 g/mol. The van der Waals surface area contributed by atoms with E-state index in [1.165, 1.54) is 24.3 Å².